The Hall–Kier alpha value is -0.580. The zero-order valence-corrected chi connectivity index (χ0v) is 13.5. The van der Waals surface area contributed by atoms with Crippen LogP contribution in [0.25, 0.3) is 0 Å². The van der Waals surface area contributed by atoms with Gasteiger partial charge in [0.25, 0.3) is 0 Å². The van der Waals surface area contributed by atoms with E-state index < -0.39 is 6.10 Å². The van der Waals surface area contributed by atoms with Crippen molar-refractivity contribution in [3.05, 3.63) is 28.7 Å². The Kier molecular flexibility index (Phi) is 7.42. The van der Waals surface area contributed by atoms with Crippen LogP contribution in [0.15, 0.2) is 28.7 Å². The van der Waals surface area contributed by atoms with Gasteiger partial charge < -0.3 is 15.2 Å². The van der Waals surface area contributed by atoms with Gasteiger partial charge in [-0.2, -0.15) is 0 Å². The van der Waals surface area contributed by atoms with Gasteiger partial charge in [-0.25, -0.2) is 0 Å². The number of hydrogen-bond donors (Lipinski definition) is 2. The molecule has 1 aromatic rings. The number of aliphatic hydroxyl groups is 1. The highest BCUT2D eigenvalue weighted by molar-refractivity contribution is 9.10. The summed E-state index contributed by atoms with van der Waals surface area (Å²) in [4.78, 5) is 0. The minimum Gasteiger partial charge on any atom is -0.491 e. The summed E-state index contributed by atoms with van der Waals surface area (Å²) in [5.41, 5.74) is 0. The second-order valence-electron chi connectivity index (χ2n) is 5.00. The molecule has 0 aromatic heterocycles. The molecule has 3 atom stereocenters. The van der Waals surface area contributed by atoms with Gasteiger partial charge >= 0.3 is 0 Å². The van der Waals surface area contributed by atoms with Crippen LogP contribution in [-0.4, -0.2) is 30.4 Å². The molecule has 4 heteroatoms. The first-order valence-corrected chi connectivity index (χ1v) is 7.62. The molecule has 0 aliphatic carbocycles. The molecule has 3 unspecified atom stereocenters. The second kappa shape index (κ2) is 8.56. The maximum Gasteiger partial charge on any atom is 0.119 e. The molecule has 108 valence electrons. The highest BCUT2D eigenvalue weighted by atomic mass is 79.9. The molecule has 1 aromatic carbocycles. The Morgan fingerprint density at radius 1 is 1.26 bits per heavy atom. The first-order valence-electron chi connectivity index (χ1n) is 6.82. The number of halogens is 1. The van der Waals surface area contributed by atoms with E-state index in [1.54, 1.807) is 0 Å². The van der Waals surface area contributed by atoms with Crippen LogP contribution in [0.3, 0.4) is 0 Å². The van der Waals surface area contributed by atoms with Crippen molar-refractivity contribution < 1.29 is 9.84 Å². The molecule has 0 saturated carbocycles. The number of rotatable bonds is 8. The fourth-order valence-corrected chi connectivity index (χ4v) is 1.92. The molecule has 0 spiro atoms. The van der Waals surface area contributed by atoms with Gasteiger partial charge in [-0.1, -0.05) is 36.2 Å². The van der Waals surface area contributed by atoms with Crippen molar-refractivity contribution in [2.45, 2.75) is 39.3 Å². The summed E-state index contributed by atoms with van der Waals surface area (Å²) in [5, 5.41) is 13.2. The molecule has 0 fully saturated rings. The number of hydrogen-bond acceptors (Lipinski definition) is 3. The third-order valence-corrected chi connectivity index (χ3v) is 3.96. The van der Waals surface area contributed by atoms with E-state index in [0.29, 0.717) is 25.1 Å². The second-order valence-corrected chi connectivity index (χ2v) is 5.92. The maximum absolute atomic E-state index is 9.87. The number of nitrogens with one attached hydrogen (secondary N) is 1. The minimum atomic E-state index is -0.491. The summed E-state index contributed by atoms with van der Waals surface area (Å²) in [6, 6.07) is 8.01. The highest BCUT2D eigenvalue weighted by Crippen LogP contribution is 2.16. The molecular formula is C15H24BrNO2. The summed E-state index contributed by atoms with van der Waals surface area (Å²) in [6.07, 6.45) is 0.648. The van der Waals surface area contributed by atoms with Crippen molar-refractivity contribution in [3.8, 4) is 5.75 Å². The van der Waals surface area contributed by atoms with Crippen molar-refractivity contribution in [3.63, 3.8) is 0 Å². The molecule has 0 aliphatic heterocycles. The minimum absolute atomic E-state index is 0.307. The maximum atomic E-state index is 9.87. The Morgan fingerprint density at radius 2 is 1.89 bits per heavy atom. The molecule has 0 amide bonds. The number of aliphatic hydroxyl groups excluding tert-OH is 1. The normalized spacial score (nSPS) is 15.8. The quantitative estimate of drug-likeness (QED) is 0.769. The van der Waals surface area contributed by atoms with E-state index in [0.717, 1.165) is 16.6 Å². The molecule has 0 radical (unpaired) electrons. The van der Waals surface area contributed by atoms with Crippen LogP contribution in [-0.2, 0) is 0 Å². The van der Waals surface area contributed by atoms with Crippen molar-refractivity contribution in [2.75, 3.05) is 13.2 Å². The molecule has 0 saturated heterocycles. The van der Waals surface area contributed by atoms with Gasteiger partial charge in [0.15, 0.2) is 0 Å². The van der Waals surface area contributed by atoms with Crippen LogP contribution < -0.4 is 10.1 Å². The first-order chi connectivity index (χ1) is 9.02. The average Bonchev–Trinajstić information content (AvgIpc) is 2.43. The van der Waals surface area contributed by atoms with E-state index in [2.05, 4.69) is 42.0 Å². The molecular weight excluding hydrogens is 306 g/mol. The molecule has 19 heavy (non-hydrogen) atoms. The van der Waals surface area contributed by atoms with Crippen LogP contribution in [0, 0.1) is 5.92 Å². The monoisotopic (exact) mass is 329 g/mol. The van der Waals surface area contributed by atoms with Gasteiger partial charge in [-0.3, -0.25) is 0 Å². The Balaban J connectivity index is 2.24. The lowest BCUT2D eigenvalue weighted by Crippen LogP contribution is -2.39. The lowest BCUT2D eigenvalue weighted by molar-refractivity contribution is 0.102. The summed E-state index contributed by atoms with van der Waals surface area (Å²) in [6.45, 7) is 7.40. The van der Waals surface area contributed by atoms with Gasteiger partial charge in [0.05, 0.1) is 0 Å². The summed E-state index contributed by atoms with van der Waals surface area (Å²) in [5.74, 6) is 1.39. The molecule has 0 bridgehead atoms. The van der Waals surface area contributed by atoms with Gasteiger partial charge in [-0.05, 0) is 37.1 Å². The summed E-state index contributed by atoms with van der Waals surface area (Å²) in [7, 11) is 0. The van der Waals surface area contributed by atoms with Crippen LogP contribution in [0.4, 0.5) is 0 Å². The third kappa shape index (κ3) is 6.41. The van der Waals surface area contributed by atoms with Gasteiger partial charge in [0.2, 0.25) is 0 Å². The van der Waals surface area contributed by atoms with E-state index >= 15 is 0 Å². The standard InChI is InChI=1S/C15H24BrNO2/c1-4-11(2)12(3)17-9-14(18)10-19-15-7-5-13(16)6-8-15/h5-8,11-12,14,17-18H,4,9-10H2,1-3H3. The Labute approximate surface area is 124 Å². The number of ether oxygens (including phenoxy) is 1. The molecule has 2 N–H and O–H groups in total. The number of benzene rings is 1. The predicted molar refractivity (Wildman–Crippen MR) is 82.6 cm³/mol. The zero-order chi connectivity index (χ0) is 14.3. The van der Waals surface area contributed by atoms with E-state index in [4.69, 9.17) is 4.74 Å². The molecule has 3 nitrogen and oxygen atoms in total. The van der Waals surface area contributed by atoms with Crippen LogP contribution >= 0.6 is 15.9 Å². The largest absolute Gasteiger partial charge is 0.491 e. The molecule has 0 heterocycles. The summed E-state index contributed by atoms with van der Waals surface area (Å²) < 4.78 is 6.55. The van der Waals surface area contributed by atoms with Crippen molar-refractivity contribution in [1.29, 1.82) is 0 Å². The fourth-order valence-electron chi connectivity index (χ4n) is 1.66. The first kappa shape index (κ1) is 16.5. The lowest BCUT2D eigenvalue weighted by atomic mass is 10.0. The fraction of sp³-hybridized carbons (Fsp3) is 0.600. The van der Waals surface area contributed by atoms with Gasteiger partial charge in [-0.15, -0.1) is 0 Å². The van der Waals surface area contributed by atoms with Crippen molar-refractivity contribution in [1.82, 2.24) is 5.32 Å². The van der Waals surface area contributed by atoms with E-state index in [-0.39, 0.29) is 0 Å². The van der Waals surface area contributed by atoms with Crippen molar-refractivity contribution in [2.24, 2.45) is 5.92 Å². The third-order valence-electron chi connectivity index (χ3n) is 3.43. The Morgan fingerprint density at radius 3 is 2.47 bits per heavy atom. The van der Waals surface area contributed by atoms with Crippen LogP contribution in [0.2, 0.25) is 0 Å². The SMILES string of the molecule is CCC(C)C(C)NCC(O)COc1ccc(Br)cc1. The molecule has 0 aliphatic rings. The summed E-state index contributed by atoms with van der Waals surface area (Å²) >= 11 is 3.37. The van der Waals surface area contributed by atoms with E-state index in [1.165, 1.54) is 0 Å². The van der Waals surface area contributed by atoms with Gasteiger partial charge in [0, 0.05) is 17.1 Å². The highest BCUT2D eigenvalue weighted by Gasteiger charge is 2.12. The van der Waals surface area contributed by atoms with Crippen LogP contribution in [0.5, 0.6) is 5.75 Å². The predicted octanol–water partition coefficient (Wildman–Crippen LogP) is 3.21. The van der Waals surface area contributed by atoms with Crippen LogP contribution in [0.1, 0.15) is 27.2 Å². The van der Waals surface area contributed by atoms with Crippen molar-refractivity contribution >= 4 is 15.9 Å². The zero-order valence-electron chi connectivity index (χ0n) is 11.9. The topological polar surface area (TPSA) is 41.5 Å². The van der Waals surface area contributed by atoms with E-state index in [9.17, 15) is 5.11 Å². The van der Waals surface area contributed by atoms with E-state index in [1.807, 2.05) is 24.3 Å². The molecule has 1 rings (SSSR count). The smallest absolute Gasteiger partial charge is 0.119 e. The Bertz CT molecular complexity index is 356. The average molecular weight is 330 g/mol. The van der Waals surface area contributed by atoms with Gasteiger partial charge in [0.1, 0.15) is 18.5 Å². The lowest BCUT2D eigenvalue weighted by Gasteiger charge is -2.22.